The molecule has 1 spiro atoms. The van der Waals surface area contributed by atoms with E-state index in [1.54, 1.807) is 0 Å². The lowest BCUT2D eigenvalue weighted by Crippen LogP contribution is -2.62. The summed E-state index contributed by atoms with van der Waals surface area (Å²) in [6.07, 6.45) is -3.92. The van der Waals surface area contributed by atoms with E-state index in [9.17, 15) is 31.5 Å². The van der Waals surface area contributed by atoms with Gasteiger partial charge < -0.3 is 15.5 Å². The SMILES string of the molecule is O=C1NC2(CCN(C(=O)c3ccc(C(F)(F)F)cc3)CC2)Nc2cc(F)c(F)cc21. The Morgan fingerprint density at radius 1 is 0.967 bits per heavy atom. The Morgan fingerprint density at radius 3 is 2.17 bits per heavy atom. The number of nitrogens with one attached hydrogen (secondary N) is 2. The maximum atomic E-state index is 13.6. The van der Waals surface area contributed by atoms with E-state index >= 15 is 0 Å². The van der Waals surface area contributed by atoms with Crippen LogP contribution in [-0.4, -0.2) is 35.5 Å². The summed E-state index contributed by atoms with van der Waals surface area (Å²) in [7, 11) is 0. The van der Waals surface area contributed by atoms with Gasteiger partial charge in [-0.25, -0.2) is 8.78 Å². The van der Waals surface area contributed by atoms with Crippen molar-refractivity contribution < 1.29 is 31.5 Å². The lowest BCUT2D eigenvalue weighted by Gasteiger charge is -2.45. The second-order valence-electron chi connectivity index (χ2n) is 7.34. The fourth-order valence-electron chi connectivity index (χ4n) is 3.74. The van der Waals surface area contributed by atoms with Crippen LogP contribution < -0.4 is 10.6 Å². The normalized spacial score (nSPS) is 17.9. The third-order valence-electron chi connectivity index (χ3n) is 5.40. The van der Waals surface area contributed by atoms with Gasteiger partial charge in [0.2, 0.25) is 0 Å². The molecule has 1 saturated heterocycles. The van der Waals surface area contributed by atoms with Gasteiger partial charge in [0, 0.05) is 37.6 Å². The number of anilines is 1. The van der Waals surface area contributed by atoms with E-state index in [1.165, 1.54) is 4.90 Å². The molecule has 2 heterocycles. The highest BCUT2D eigenvalue weighted by atomic mass is 19.4. The Labute approximate surface area is 167 Å². The number of hydrogen-bond donors (Lipinski definition) is 2. The van der Waals surface area contributed by atoms with Gasteiger partial charge in [-0.2, -0.15) is 13.2 Å². The van der Waals surface area contributed by atoms with Crippen molar-refractivity contribution in [3.63, 3.8) is 0 Å². The van der Waals surface area contributed by atoms with Crippen molar-refractivity contribution >= 4 is 17.5 Å². The van der Waals surface area contributed by atoms with Gasteiger partial charge in [-0.1, -0.05) is 0 Å². The summed E-state index contributed by atoms with van der Waals surface area (Å²) in [5.41, 5.74) is -1.48. The molecule has 2 aliphatic heterocycles. The van der Waals surface area contributed by atoms with Crippen LogP contribution in [0.1, 0.15) is 39.1 Å². The molecule has 0 atom stereocenters. The quantitative estimate of drug-likeness (QED) is 0.684. The van der Waals surface area contributed by atoms with Crippen molar-refractivity contribution in [3.8, 4) is 0 Å². The second kappa shape index (κ2) is 6.96. The summed E-state index contributed by atoms with van der Waals surface area (Å²) in [5, 5.41) is 5.79. The molecule has 2 aliphatic rings. The minimum atomic E-state index is -4.48. The number of carbonyl (C=O) groups excluding carboxylic acids is 2. The molecule has 30 heavy (non-hydrogen) atoms. The van der Waals surface area contributed by atoms with E-state index in [0.717, 1.165) is 36.4 Å². The van der Waals surface area contributed by atoms with Crippen molar-refractivity contribution in [2.75, 3.05) is 18.4 Å². The number of carbonyl (C=O) groups is 2. The third kappa shape index (κ3) is 3.57. The first-order valence-corrected chi connectivity index (χ1v) is 9.14. The van der Waals surface area contributed by atoms with Crippen LogP contribution in [0.5, 0.6) is 0 Å². The van der Waals surface area contributed by atoms with Crippen molar-refractivity contribution in [3.05, 3.63) is 64.7 Å². The first-order chi connectivity index (χ1) is 14.1. The van der Waals surface area contributed by atoms with Crippen molar-refractivity contribution in [1.29, 1.82) is 0 Å². The highest BCUT2D eigenvalue weighted by Crippen LogP contribution is 2.33. The summed E-state index contributed by atoms with van der Waals surface area (Å²) in [6.45, 7) is 0.429. The Bertz CT molecular complexity index is 1010. The molecule has 2 aromatic rings. The summed E-state index contributed by atoms with van der Waals surface area (Å²) in [4.78, 5) is 26.5. The molecule has 0 saturated carbocycles. The molecule has 1 fully saturated rings. The van der Waals surface area contributed by atoms with Gasteiger partial charge in [-0.15, -0.1) is 0 Å². The molecule has 0 aromatic heterocycles. The lowest BCUT2D eigenvalue weighted by atomic mass is 9.92. The van der Waals surface area contributed by atoms with E-state index in [4.69, 9.17) is 0 Å². The summed E-state index contributed by atoms with van der Waals surface area (Å²) in [5.74, 6) is -3.18. The minimum absolute atomic E-state index is 0.0113. The molecule has 2 aromatic carbocycles. The first kappa shape index (κ1) is 20.1. The zero-order chi connectivity index (χ0) is 21.7. The maximum Gasteiger partial charge on any atom is 0.416 e. The van der Waals surface area contributed by atoms with E-state index < -0.39 is 40.9 Å². The number of alkyl halides is 3. The van der Waals surface area contributed by atoms with Crippen LogP contribution in [0.15, 0.2) is 36.4 Å². The number of fused-ring (bicyclic) bond motifs is 1. The number of halogens is 5. The molecule has 2 N–H and O–H groups in total. The zero-order valence-electron chi connectivity index (χ0n) is 15.4. The molecule has 2 amide bonds. The summed E-state index contributed by atoms with van der Waals surface area (Å²) >= 11 is 0. The van der Waals surface area contributed by atoms with Crippen LogP contribution in [0.3, 0.4) is 0 Å². The number of likely N-dealkylation sites (tertiary alicyclic amines) is 1. The molecule has 158 valence electrons. The molecule has 0 aliphatic carbocycles. The molecule has 0 unspecified atom stereocenters. The summed E-state index contributed by atoms with van der Waals surface area (Å²) < 4.78 is 65.0. The Morgan fingerprint density at radius 2 is 1.57 bits per heavy atom. The van der Waals surface area contributed by atoms with E-state index in [-0.39, 0.29) is 42.7 Å². The number of piperidine rings is 1. The van der Waals surface area contributed by atoms with Gasteiger partial charge in [-0.05, 0) is 30.3 Å². The molecule has 0 radical (unpaired) electrons. The van der Waals surface area contributed by atoms with Gasteiger partial charge in [0.05, 0.1) is 16.8 Å². The van der Waals surface area contributed by atoms with Crippen LogP contribution in [-0.2, 0) is 6.18 Å². The van der Waals surface area contributed by atoms with Crippen molar-refractivity contribution in [2.45, 2.75) is 24.7 Å². The monoisotopic (exact) mass is 425 g/mol. The molecule has 5 nitrogen and oxygen atoms in total. The van der Waals surface area contributed by atoms with E-state index in [2.05, 4.69) is 10.6 Å². The topological polar surface area (TPSA) is 61.4 Å². The van der Waals surface area contributed by atoms with Gasteiger partial charge in [0.25, 0.3) is 11.8 Å². The van der Waals surface area contributed by atoms with Gasteiger partial charge in [0.1, 0.15) is 5.66 Å². The predicted molar refractivity (Wildman–Crippen MR) is 96.8 cm³/mol. The second-order valence-corrected chi connectivity index (χ2v) is 7.34. The van der Waals surface area contributed by atoms with Gasteiger partial charge >= 0.3 is 6.18 Å². The average molecular weight is 425 g/mol. The predicted octanol–water partition coefficient (Wildman–Crippen LogP) is 3.77. The Hall–Kier alpha value is -3.17. The van der Waals surface area contributed by atoms with Crippen LogP contribution in [0.2, 0.25) is 0 Å². The first-order valence-electron chi connectivity index (χ1n) is 9.14. The van der Waals surface area contributed by atoms with Crippen LogP contribution in [0.4, 0.5) is 27.6 Å². The minimum Gasteiger partial charge on any atom is -0.362 e. The third-order valence-corrected chi connectivity index (χ3v) is 5.40. The van der Waals surface area contributed by atoms with E-state index in [1.807, 2.05) is 0 Å². The zero-order valence-corrected chi connectivity index (χ0v) is 15.4. The van der Waals surface area contributed by atoms with E-state index in [0.29, 0.717) is 0 Å². The number of nitrogens with zero attached hydrogens (tertiary/aromatic N) is 1. The average Bonchev–Trinajstić information content (AvgIpc) is 2.69. The molecule has 10 heteroatoms. The Balaban J connectivity index is 1.46. The van der Waals surface area contributed by atoms with Gasteiger partial charge in [-0.3, -0.25) is 9.59 Å². The smallest absolute Gasteiger partial charge is 0.362 e. The number of rotatable bonds is 1. The van der Waals surface area contributed by atoms with Gasteiger partial charge in [0.15, 0.2) is 11.6 Å². The fourth-order valence-corrected chi connectivity index (χ4v) is 3.74. The standard InChI is InChI=1S/C20H16F5N3O2/c21-14-9-13-16(10-15(14)22)26-19(27-17(13)29)5-7-28(8-6-19)18(30)11-1-3-12(4-2-11)20(23,24)25/h1-4,9-10,26H,5-8H2,(H,27,29). The number of hydrogen-bond acceptors (Lipinski definition) is 3. The summed E-state index contributed by atoms with van der Waals surface area (Å²) in [6, 6.07) is 5.71. The molecular weight excluding hydrogens is 409 g/mol. The van der Waals surface area contributed by atoms with Crippen molar-refractivity contribution in [2.24, 2.45) is 0 Å². The van der Waals surface area contributed by atoms with Crippen LogP contribution in [0, 0.1) is 11.6 Å². The maximum absolute atomic E-state index is 13.6. The molecular formula is C20H16F5N3O2. The largest absolute Gasteiger partial charge is 0.416 e. The highest BCUT2D eigenvalue weighted by Gasteiger charge is 2.41. The van der Waals surface area contributed by atoms with Crippen LogP contribution in [0.25, 0.3) is 0 Å². The number of amides is 2. The van der Waals surface area contributed by atoms with Crippen LogP contribution >= 0.6 is 0 Å². The lowest BCUT2D eigenvalue weighted by molar-refractivity contribution is -0.137. The molecule has 0 bridgehead atoms. The molecule has 4 rings (SSSR count). The van der Waals surface area contributed by atoms with Crippen molar-refractivity contribution in [1.82, 2.24) is 10.2 Å². The Kier molecular flexibility index (Phi) is 4.67. The number of benzene rings is 2. The fraction of sp³-hybridized carbons (Fsp3) is 0.300. The highest BCUT2D eigenvalue weighted by molar-refractivity contribution is 6.02.